The van der Waals surface area contributed by atoms with Crippen LogP contribution in [-0.2, 0) is 4.79 Å². The zero-order valence-electron chi connectivity index (χ0n) is 17.9. The molecule has 0 bridgehead atoms. The molecule has 1 aliphatic heterocycles. The van der Waals surface area contributed by atoms with Crippen LogP contribution < -0.4 is 10.1 Å². The number of hydrogen-bond donors (Lipinski definition) is 2. The fraction of sp³-hybridized carbons (Fsp3) is 0.458. The van der Waals surface area contributed by atoms with E-state index in [1.807, 2.05) is 24.3 Å². The van der Waals surface area contributed by atoms with Gasteiger partial charge in [0, 0.05) is 36.5 Å². The maximum absolute atomic E-state index is 9.00. The van der Waals surface area contributed by atoms with Gasteiger partial charge in [0.1, 0.15) is 12.4 Å². The van der Waals surface area contributed by atoms with E-state index in [4.69, 9.17) is 26.2 Å². The Kier molecular flexibility index (Phi) is 10.6. The molecule has 31 heavy (non-hydrogen) atoms. The second-order valence-electron chi connectivity index (χ2n) is 7.96. The van der Waals surface area contributed by atoms with E-state index >= 15 is 0 Å². The zero-order valence-corrected chi connectivity index (χ0v) is 19.4. The molecule has 1 saturated heterocycles. The predicted octanol–water partition coefficient (Wildman–Crippen LogP) is 4.84. The molecule has 2 fully saturated rings. The number of rotatable bonds is 7. The van der Waals surface area contributed by atoms with Gasteiger partial charge in [0.15, 0.2) is 0 Å². The molecule has 1 saturated carbocycles. The monoisotopic (exact) mass is 466 g/mol. The summed E-state index contributed by atoms with van der Waals surface area (Å²) < 4.78 is 5.81. The first kappa shape index (κ1) is 25.5. The third kappa shape index (κ3) is 9.08. The van der Waals surface area contributed by atoms with Crippen molar-refractivity contribution in [3.05, 3.63) is 65.2 Å². The van der Waals surface area contributed by atoms with Crippen molar-refractivity contribution in [1.29, 1.82) is 0 Å². The predicted molar refractivity (Wildman–Crippen MR) is 128 cm³/mol. The minimum Gasteiger partial charge on any atom is -0.492 e. The Morgan fingerprint density at radius 3 is 2.35 bits per heavy atom. The first-order valence-corrected chi connectivity index (χ1v) is 11.0. The summed E-state index contributed by atoms with van der Waals surface area (Å²) in [4.78, 5) is 11.5. The van der Waals surface area contributed by atoms with Gasteiger partial charge in [-0.05, 0) is 62.2 Å². The molecule has 5 nitrogen and oxygen atoms in total. The lowest BCUT2D eigenvalue weighted by Gasteiger charge is -2.32. The van der Waals surface area contributed by atoms with Gasteiger partial charge in [-0.3, -0.25) is 9.69 Å². The SMILES string of the molecule is CC(=O)O.Cl.Clc1ccc(OCCN2CCC(N[C@@H]3C[C@H]3c3ccccc3)CC2)cc1. The number of carboxylic acid groups (broad SMARTS) is 1. The number of nitrogens with one attached hydrogen (secondary N) is 1. The van der Waals surface area contributed by atoms with Gasteiger partial charge in [-0.2, -0.15) is 0 Å². The summed E-state index contributed by atoms with van der Waals surface area (Å²) in [6.45, 7) is 5.12. The van der Waals surface area contributed by atoms with Crippen molar-refractivity contribution >= 4 is 30.0 Å². The molecule has 2 aromatic rings. The minimum absolute atomic E-state index is 0. The van der Waals surface area contributed by atoms with E-state index in [0.29, 0.717) is 12.1 Å². The molecule has 170 valence electrons. The fourth-order valence-electron chi connectivity index (χ4n) is 3.90. The third-order valence-electron chi connectivity index (χ3n) is 5.55. The van der Waals surface area contributed by atoms with Crippen LogP contribution in [0.15, 0.2) is 54.6 Å². The van der Waals surface area contributed by atoms with E-state index in [-0.39, 0.29) is 12.4 Å². The van der Waals surface area contributed by atoms with Crippen molar-refractivity contribution < 1.29 is 14.6 Å². The molecule has 2 aliphatic rings. The van der Waals surface area contributed by atoms with Gasteiger partial charge in [-0.25, -0.2) is 0 Å². The number of benzene rings is 2. The highest BCUT2D eigenvalue weighted by Gasteiger charge is 2.39. The van der Waals surface area contributed by atoms with Crippen LogP contribution in [0.25, 0.3) is 0 Å². The van der Waals surface area contributed by atoms with Crippen molar-refractivity contribution in [2.45, 2.75) is 44.2 Å². The highest BCUT2D eigenvalue weighted by molar-refractivity contribution is 6.30. The van der Waals surface area contributed by atoms with E-state index in [1.165, 1.54) is 24.8 Å². The Labute approximate surface area is 196 Å². The van der Waals surface area contributed by atoms with Crippen LogP contribution in [0.1, 0.15) is 37.7 Å². The van der Waals surface area contributed by atoms with Gasteiger partial charge in [0.05, 0.1) is 0 Å². The first-order chi connectivity index (χ1) is 14.5. The number of hydrogen-bond acceptors (Lipinski definition) is 4. The van der Waals surface area contributed by atoms with E-state index in [1.54, 1.807) is 0 Å². The van der Waals surface area contributed by atoms with Crippen LogP contribution in [0.4, 0.5) is 0 Å². The normalized spacial score (nSPS) is 20.7. The smallest absolute Gasteiger partial charge is 0.300 e. The lowest BCUT2D eigenvalue weighted by molar-refractivity contribution is -0.134. The van der Waals surface area contributed by atoms with Crippen LogP contribution in [0.3, 0.4) is 0 Å². The van der Waals surface area contributed by atoms with Crippen molar-refractivity contribution in [2.24, 2.45) is 0 Å². The largest absolute Gasteiger partial charge is 0.492 e. The molecule has 1 aliphatic carbocycles. The second kappa shape index (κ2) is 12.9. The fourth-order valence-corrected chi connectivity index (χ4v) is 4.02. The zero-order chi connectivity index (χ0) is 21.3. The molecule has 4 rings (SSSR count). The number of ether oxygens (including phenoxy) is 1. The molecule has 0 amide bonds. The number of carboxylic acids is 1. The number of carbonyl (C=O) groups is 1. The Morgan fingerprint density at radius 1 is 1.13 bits per heavy atom. The molecular weight excluding hydrogens is 435 g/mol. The number of nitrogens with zero attached hydrogens (tertiary/aromatic N) is 1. The number of aliphatic carboxylic acids is 1. The maximum Gasteiger partial charge on any atom is 0.300 e. The van der Waals surface area contributed by atoms with Crippen LogP contribution in [0.2, 0.25) is 5.02 Å². The van der Waals surface area contributed by atoms with Crippen molar-refractivity contribution in [2.75, 3.05) is 26.2 Å². The van der Waals surface area contributed by atoms with Gasteiger partial charge < -0.3 is 15.2 Å². The Morgan fingerprint density at radius 2 is 1.74 bits per heavy atom. The molecule has 2 atom stereocenters. The van der Waals surface area contributed by atoms with E-state index in [0.717, 1.165) is 49.9 Å². The topological polar surface area (TPSA) is 61.8 Å². The average molecular weight is 467 g/mol. The molecule has 2 N–H and O–H groups in total. The Balaban J connectivity index is 0.000000631. The van der Waals surface area contributed by atoms with Crippen LogP contribution in [0.5, 0.6) is 5.75 Å². The summed E-state index contributed by atoms with van der Waals surface area (Å²) in [5, 5.41) is 12.0. The van der Waals surface area contributed by atoms with E-state index < -0.39 is 5.97 Å². The molecule has 7 heteroatoms. The summed E-state index contributed by atoms with van der Waals surface area (Å²) >= 11 is 5.90. The van der Waals surface area contributed by atoms with Gasteiger partial charge in [-0.15, -0.1) is 12.4 Å². The number of piperidine rings is 1. The highest BCUT2D eigenvalue weighted by Crippen LogP contribution is 2.41. The van der Waals surface area contributed by atoms with Crippen LogP contribution in [-0.4, -0.2) is 54.3 Å². The summed E-state index contributed by atoms with van der Waals surface area (Å²) in [6.07, 6.45) is 3.76. The Hall–Kier alpha value is -1.79. The lowest BCUT2D eigenvalue weighted by Crippen LogP contribution is -2.44. The number of likely N-dealkylation sites (tertiary alicyclic amines) is 1. The molecular formula is C24H32Cl2N2O3. The molecule has 2 aromatic carbocycles. The van der Waals surface area contributed by atoms with Crippen molar-refractivity contribution in [3.8, 4) is 5.75 Å². The van der Waals surface area contributed by atoms with Gasteiger partial charge in [0.2, 0.25) is 0 Å². The number of halogens is 2. The van der Waals surface area contributed by atoms with Crippen LogP contribution >= 0.6 is 24.0 Å². The van der Waals surface area contributed by atoms with E-state index in [2.05, 4.69) is 40.5 Å². The average Bonchev–Trinajstić information content (AvgIpc) is 3.50. The van der Waals surface area contributed by atoms with Crippen molar-refractivity contribution in [3.63, 3.8) is 0 Å². The third-order valence-corrected chi connectivity index (χ3v) is 5.80. The first-order valence-electron chi connectivity index (χ1n) is 10.6. The van der Waals surface area contributed by atoms with Gasteiger partial charge in [0.25, 0.3) is 5.97 Å². The Bertz CT molecular complexity index is 777. The molecule has 0 unspecified atom stereocenters. The molecule has 1 heterocycles. The standard InChI is InChI=1S/C22H27ClN2O.C2H4O2.ClH/c23-18-6-8-20(9-7-18)26-15-14-25-12-10-19(11-13-25)24-22-16-21(22)17-4-2-1-3-5-17;1-2(3)4;/h1-9,19,21-22,24H,10-16H2;1H3,(H,3,4);1H/t21-,22+;;/m0../s1. The summed E-state index contributed by atoms with van der Waals surface area (Å²) in [5.74, 6) is 0.786. The molecule has 0 spiro atoms. The maximum atomic E-state index is 9.00. The van der Waals surface area contributed by atoms with E-state index in [9.17, 15) is 0 Å². The van der Waals surface area contributed by atoms with Crippen LogP contribution in [0, 0.1) is 0 Å². The highest BCUT2D eigenvalue weighted by atomic mass is 35.5. The summed E-state index contributed by atoms with van der Waals surface area (Å²) in [6, 6.07) is 19.9. The molecule has 0 radical (unpaired) electrons. The molecule has 0 aromatic heterocycles. The van der Waals surface area contributed by atoms with Gasteiger partial charge >= 0.3 is 0 Å². The van der Waals surface area contributed by atoms with Gasteiger partial charge in [-0.1, -0.05) is 41.9 Å². The summed E-state index contributed by atoms with van der Waals surface area (Å²) in [7, 11) is 0. The van der Waals surface area contributed by atoms with Crippen molar-refractivity contribution in [1.82, 2.24) is 10.2 Å². The second-order valence-corrected chi connectivity index (χ2v) is 8.40. The minimum atomic E-state index is -0.833. The quantitative estimate of drug-likeness (QED) is 0.610. The lowest BCUT2D eigenvalue weighted by atomic mass is 10.0. The summed E-state index contributed by atoms with van der Waals surface area (Å²) in [5.41, 5.74) is 1.49.